The molecule has 0 aliphatic heterocycles. The van der Waals surface area contributed by atoms with Crippen LogP contribution in [0.25, 0.3) is 0 Å². The van der Waals surface area contributed by atoms with Crippen molar-refractivity contribution in [1.82, 2.24) is 0 Å². The summed E-state index contributed by atoms with van der Waals surface area (Å²) >= 11 is 0. The molecule has 0 aliphatic rings. The second-order valence-electron chi connectivity index (χ2n) is 6.13. The summed E-state index contributed by atoms with van der Waals surface area (Å²) in [6.45, 7) is 6.91. The maximum Gasteiger partial charge on any atom is 0.335 e. The second kappa shape index (κ2) is 13.6. The van der Waals surface area contributed by atoms with Crippen molar-refractivity contribution >= 4 is 16.1 Å². The Hall–Kier alpha value is -2.52. The zero-order valence-electron chi connectivity index (χ0n) is 16.4. The van der Waals surface area contributed by atoms with Gasteiger partial charge in [0.25, 0.3) is 10.1 Å². The Bertz CT molecular complexity index is 809. The largest absolute Gasteiger partial charge is 0.478 e. The number of hydrogen-bond donors (Lipinski definition) is 4. The number of carboxylic acid groups (broad SMARTS) is 1. The first-order chi connectivity index (χ1) is 13.5. The molecule has 2 aromatic rings. The normalized spacial score (nSPS) is 13.4. The lowest BCUT2D eigenvalue weighted by atomic mass is 9.94. The number of allylic oxidation sites excluding steroid dienone is 1. The Morgan fingerprint density at radius 1 is 0.966 bits per heavy atom. The summed E-state index contributed by atoms with van der Waals surface area (Å²) in [7, 11) is -4.00. The highest BCUT2D eigenvalue weighted by atomic mass is 32.2. The van der Waals surface area contributed by atoms with Gasteiger partial charge in [-0.3, -0.25) is 4.55 Å². The van der Waals surface area contributed by atoms with Crippen LogP contribution in [0, 0.1) is 5.92 Å². The third kappa shape index (κ3) is 11.8. The predicted octanol–water partition coefficient (Wildman–Crippen LogP) is 3.26. The molecule has 2 atom stereocenters. The summed E-state index contributed by atoms with van der Waals surface area (Å²) in [6.07, 6.45) is 1.45. The number of aliphatic hydroxyl groups is 2. The number of hydrogen-bond acceptors (Lipinski definition) is 5. The monoisotopic (exact) mass is 424 g/mol. The van der Waals surface area contributed by atoms with Gasteiger partial charge in [-0.15, -0.1) is 6.58 Å². The lowest BCUT2D eigenvalue weighted by Crippen LogP contribution is -2.26. The van der Waals surface area contributed by atoms with Crippen LogP contribution in [0.1, 0.15) is 30.6 Å². The highest BCUT2D eigenvalue weighted by Crippen LogP contribution is 2.13. The van der Waals surface area contributed by atoms with Crippen LogP contribution in [0.3, 0.4) is 0 Å². The molecule has 7 nitrogen and oxygen atoms in total. The van der Waals surface area contributed by atoms with Crippen LogP contribution < -0.4 is 0 Å². The average molecular weight is 425 g/mol. The van der Waals surface area contributed by atoms with Crippen molar-refractivity contribution in [2.24, 2.45) is 5.92 Å². The van der Waals surface area contributed by atoms with E-state index in [9.17, 15) is 13.2 Å². The van der Waals surface area contributed by atoms with Gasteiger partial charge in [0.1, 0.15) is 0 Å². The van der Waals surface area contributed by atoms with Crippen molar-refractivity contribution in [3.05, 3.63) is 78.9 Å². The van der Waals surface area contributed by atoms with Crippen molar-refractivity contribution in [3.8, 4) is 0 Å². The smallest absolute Gasteiger partial charge is 0.335 e. The molecule has 2 aromatic carbocycles. The van der Waals surface area contributed by atoms with E-state index in [1.165, 1.54) is 12.1 Å². The molecule has 0 saturated carbocycles. The molecule has 0 radical (unpaired) electrons. The topological polar surface area (TPSA) is 132 Å². The molecule has 0 aromatic heterocycles. The van der Waals surface area contributed by atoms with E-state index >= 15 is 0 Å². The van der Waals surface area contributed by atoms with Gasteiger partial charge >= 0.3 is 5.97 Å². The fraction of sp³-hybridized carbons (Fsp3) is 0.286. The van der Waals surface area contributed by atoms with Gasteiger partial charge in [0.15, 0.2) is 0 Å². The molecule has 0 fully saturated rings. The van der Waals surface area contributed by atoms with Crippen molar-refractivity contribution < 1.29 is 33.1 Å². The van der Waals surface area contributed by atoms with Crippen LogP contribution in [0.15, 0.2) is 78.2 Å². The SMILES string of the molecule is C=CCC(C(C)O)C(C)O.O=C(O)c1ccccc1.O=S(=O)(O)c1ccccc1. The maximum absolute atomic E-state index is 10.4. The van der Waals surface area contributed by atoms with Gasteiger partial charge in [-0.2, -0.15) is 8.42 Å². The van der Waals surface area contributed by atoms with Crippen molar-refractivity contribution in [1.29, 1.82) is 0 Å². The molecular formula is C21H28O7S. The standard InChI is InChI=1S/C8H16O2.C7H6O2.C6H6O3S/c1-4-5-8(6(2)9)7(3)10;8-7(9)6-4-2-1-3-5-6;7-10(8,9)6-4-2-1-3-5-6/h4,6-10H,1,5H2,2-3H3;1-5H,(H,8,9);1-5H,(H,7,8,9). The van der Waals surface area contributed by atoms with Crippen LogP contribution >= 0.6 is 0 Å². The van der Waals surface area contributed by atoms with Crippen LogP contribution in [-0.4, -0.2) is 46.5 Å². The average Bonchev–Trinajstić information content (AvgIpc) is 2.67. The number of benzene rings is 2. The molecule has 0 heterocycles. The van der Waals surface area contributed by atoms with Crippen LogP contribution in [0.5, 0.6) is 0 Å². The molecule has 2 rings (SSSR count). The minimum atomic E-state index is -4.00. The highest BCUT2D eigenvalue weighted by Gasteiger charge is 2.18. The summed E-state index contributed by atoms with van der Waals surface area (Å²) in [5, 5.41) is 26.6. The highest BCUT2D eigenvalue weighted by molar-refractivity contribution is 7.85. The van der Waals surface area contributed by atoms with E-state index in [1.807, 2.05) is 0 Å². The molecule has 0 bridgehead atoms. The van der Waals surface area contributed by atoms with Gasteiger partial charge in [-0.1, -0.05) is 42.5 Å². The molecule has 4 N–H and O–H groups in total. The van der Waals surface area contributed by atoms with Gasteiger partial charge < -0.3 is 15.3 Å². The summed E-state index contributed by atoms with van der Waals surface area (Å²) in [5.74, 6) is -0.951. The number of carbonyl (C=O) groups is 1. The number of aromatic carboxylic acids is 1. The Morgan fingerprint density at radius 3 is 1.59 bits per heavy atom. The first kappa shape index (κ1) is 26.5. The maximum atomic E-state index is 10.4. The second-order valence-corrected chi connectivity index (χ2v) is 7.55. The van der Waals surface area contributed by atoms with Crippen LogP contribution in [0.2, 0.25) is 0 Å². The van der Waals surface area contributed by atoms with Crippen molar-refractivity contribution in [2.75, 3.05) is 0 Å². The van der Waals surface area contributed by atoms with E-state index in [2.05, 4.69) is 6.58 Å². The first-order valence-electron chi connectivity index (χ1n) is 8.78. The fourth-order valence-electron chi connectivity index (χ4n) is 2.16. The Balaban J connectivity index is 0.000000406. The van der Waals surface area contributed by atoms with Crippen LogP contribution in [-0.2, 0) is 10.1 Å². The van der Waals surface area contributed by atoms with E-state index in [4.69, 9.17) is 19.9 Å². The van der Waals surface area contributed by atoms with E-state index in [0.717, 1.165) is 0 Å². The van der Waals surface area contributed by atoms with E-state index in [0.29, 0.717) is 12.0 Å². The fourth-order valence-corrected chi connectivity index (χ4v) is 2.66. The Morgan fingerprint density at radius 2 is 1.38 bits per heavy atom. The summed E-state index contributed by atoms with van der Waals surface area (Å²) in [5.41, 5.74) is 0.331. The van der Waals surface area contributed by atoms with E-state index in [1.54, 1.807) is 68.5 Å². The minimum Gasteiger partial charge on any atom is -0.478 e. The molecule has 2 unspecified atom stereocenters. The summed E-state index contributed by atoms with van der Waals surface area (Å²) in [4.78, 5) is 10.1. The van der Waals surface area contributed by atoms with Crippen LogP contribution in [0.4, 0.5) is 0 Å². The zero-order chi connectivity index (χ0) is 22.4. The molecule has 0 aliphatic carbocycles. The molecule has 0 amide bonds. The van der Waals surface area contributed by atoms with Gasteiger partial charge in [0.05, 0.1) is 22.7 Å². The third-order valence-corrected chi connectivity index (χ3v) is 4.61. The van der Waals surface area contributed by atoms with Gasteiger partial charge in [-0.05, 0) is 44.5 Å². The Labute approximate surface area is 171 Å². The number of carboxylic acids is 1. The molecule has 160 valence electrons. The quantitative estimate of drug-likeness (QED) is 0.413. The van der Waals surface area contributed by atoms with Crippen molar-refractivity contribution in [2.45, 2.75) is 37.4 Å². The lowest BCUT2D eigenvalue weighted by Gasteiger charge is -2.20. The lowest BCUT2D eigenvalue weighted by molar-refractivity contribution is 0.0335. The van der Waals surface area contributed by atoms with Gasteiger partial charge in [-0.25, -0.2) is 4.79 Å². The minimum absolute atomic E-state index is 0.0718. The number of rotatable bonds is 6. The number of aliphatic hydroxyl groups excluding tert-OH is 2. The summed E-state index contributed by atoms with van der Waals surface area (Å²) in [6, 6.07) is 15.7. The van der Waals surface area contributed by atoms with Crippen molar-refractivity contribution in [3.63, 3.8) is 0 Å². The molecule has 29 heavy (non-hydrogen) atoms. The Kier molecular flexibility index (Phi) is 12.4. The van der Waals surface area contributed by atoms with E-state index < -0.39 is 28.3 Å². The summed E-state index contributed by atoms with van der Waals surface area (Å²) < 4.78 is 29.2. The van der Waals surface area contributed by atoms with Gasteiger partial charge in [0, 0.05) is 5.92 Å². The first-order valence-corrected chi connectivity index (χ1v) is 10.2. The molecular weight excluding hydrogens is 396 g/mol. The predicted molar refractivity (Wildman–Crippen MR) is 111 cm³/mol. The van der Waals surface area contributed by atoms with E-state index in [-0.39, 0.29) is 10.8 Å². The zero-order valence-corrected chi connectivity index (χ0v) is 17.2. The molecule has 0 spiro atoms. The third-order valence-electron chi connectivity index (χ3n) is 3.74. The molecule has 8 heteroatoms. The molecule has 0 saturated heterocycles. The van der Waals surface area contributed by atoms with Gasteiger partial charge in [0.2, 0.25) is 0 Å².